The molecule has 2 heterocycles. The Balaban J connectivity index is 1.96. The largest absolute Gasteiger partial charge is 0.494 e. The third-order valence-electron chi connectivity index (χ3n) is 5.65. The first-order valence-corrected chi connectivity index (χ1v) is 9.99. The molecule has 6 heteroatoms. The van der Waals surface area contributed by atoms with E-state index in [2.05, 4.69) is 12.2 Å². The predicted octanol–water partition coefficient (Wildman–Crippen LogP) is 6.15. The van der Waals surface area contributed by atoms with Gasteiger partial charge in [-0.2, -0.15) is 0 Å². The van der Waals surface area contributed by atoms with Gasteiger partial charge in [0.25, 0.3) is 0 Å². The average Bonchev–Trinajstić information content (AvgIpc) is 2.85. The lowest BCUT2D eigenvalue weighted by atomic mass is 9.81. The number of fused-ring (bicyclic) bond motifs is 1. The maximum absolute atomic E-state index is 10.7. The van der Waals surface area contributed by atoms with Crippen LogP contribution in [-0.2, 0) is 0 Å². The van der Waals surface area contributed by atoms with Gasteiger partial charge in [-0.1, -0.05) is 41.4 Å². The second-order valence-corrected chi connectivity index (χ2v) is 8.32. The van der Waals surface area contributed by atoms with Crippen LogP contribution < -0.4 is 5.32 Å². The summed E-state index contributed by atoms with van der Waals surface area (Å²) in [7, 11) is 0. The molecule has 0 bridgehead atoms. The molecule has 1 aliphatic heterocycles. The number of nitrogens with one attached hydrogen (secondary N) is 1. The van der Waals surface area contributed by atoms with E-state index in [0.29, 0.717) is 21.2 Å². The van der Waals surface area contributed by atoms with Crippen molar-refractivity contribution >= 4 is 28.9 Å². The lowest BCUT2D eigenvalue weighted by Gasteiger charge is -2.33. The molecule has 0 fully saturated rings. The van der Waals surface area contributed by atoms with E-state index in [0.717, 1.165) is 28.9 Å². The van der Waals surface area contributed by atoms with Gasteiger partial charge in [-0.15, -0.1) is 0 Å². The predicted molar refractivity (Wildman–Crippen MR) is 115 cm³/mol. The Bertz CT molecular complexity index is 1050. The Morgan fingerprint density at radius 1 is 1.00 bits per heavy atom. The van der Waals surface area contributed by atoms with Crippen molar-refractivity contribution < 1.29 is 10.2 Å². The third kappa shape index (κ3) is 2.92. The molecule has 1 aliphatic rings. The molecule has 2 atom stereocenters. The molecule has 0 aliphatic carbocycles. The van der Waals surface area contributed by atoms with Crippen molar-refractivity contribution in [3.8, 4) is 17.4 Å². The molecule has 28 heavy (non-hydrogen) atoms. The quantitative estimate of drug-likeness (QED) is 0.469. The van der Waals surface area contributed by atoms with Gasteiger partial charge in [-0.25, -0.2) is 0 Å². The minimum Gasteiger partial charge on any atom is -0.494 e. The SMILES string of the molecule is Cc1c(C)c(O)n(-c2ccccc2C2C[C@@H](C)Nc3c(Cl)cc(Cl)cc32)c1O. The highest BCUT2D eigenvalue weighted by molar-refractivity contribution is 6.36. The van der Waals surface area contributed by atoms with Gasteiger partial charge >= 0.3 is 0 Å². The van der Waals surface area contributed by atoms with Crippen LogP contribution in [0.5, 0.6) is 11.8 Å². The van der Waals surface area contributed by atoms with E-state index < -0.39 is 0 Å². The molecule has 2 aromatic carbocycles. The third-order valence-corrected chi connectivity index (χ3v) is 6.17. The molecule has 1 aromatic heterocycles. The van der Waals surface area contributed by atoms with Crippen LogP contribution in [0.3, 0.4) is 0 Å². The van der Waals surface area contributed by atoms with Gasteiger partial charge in [0.2, 0.25) is 11.8 Å². The Kier molecular flexibility index (Phi) is 4.72. The van der Waals surface area contributed by atoms with Crippen LogP contribution in [0.25, 0.3) is 5.69 Å². The summed E-state index contributed by atoms with van der Waals surface area (Å²) in [4.78, 5) is 0. The molecule has 0 amide bonds. The number of rotatable bonds is 2. The number of aromatic hydroxyl groups is 2. The van der Waals surface area contributed by atoms with Crippen molar-refractivity contribution in [2.24, 2.45) is 0 Å². The lowest BCUT2D eigenvalue weighted by Crippen LogP contribution is -2.26. The van der Waals surface area contributed by atoms with Gasteiger partial charge < -0.3 is 15.5 Å². The fraction of sp³-hybridized carbons (Fsp3) is 0.273. The van der Waals surface area contributed by atoms with Crippen molar-refractivity contribution in [1.82, 2.24) is 4.57 Å². The molecule has 146 valence electrons. The summed E-state index contributed by atoms with van der Waals surface area (Å²) in [6, 6.07) is 11.7. The number of halogens is 2. The van der Waals surface area contributed by atoms with E-state index in [1.54, 1.807) is 19.9 Å². The molecular formula is C22H22Cl2N2O2. The summed E-state index contributed by atoms with van der Waals surface area (Å²) in [5.41, 5.74) is 4.97. The average molecular weight is 417 g/mol. The van der Waals surface area contributed by atoms with E-state index in [1.165, 1.54) is 4.57 Å². The highest BCUT2D eigenvalue weighted by atomic mass is 35.5. The van der Waals surface area contributed by atoms with Crippen molar-refractivity contribution in [1.29, 1.82) is 0 Å². The van der Waals surface area contributed by atoms with Crippen molar-refractivity contribution in [3.05, 3.63) is 68.7 Å². The second kappa shape index (κ2) is 6.94. The standard InChI is InChI=1S/C22H22Cl2N2O2/c1-11-8-16(17-9-14(23)10-18(24)20(17)25-11)15-6-4-5-7-19(15)26-21(27)12(2)13(3)22(26)28/h4-7,9-11,16,25,27-28H,8H2,1-3H3/t11-,16?/m1/s1. The lowest BCUT2D eigenvalue weighted by molar-refractivity contribution is 0.399. The highest BCUT2D eigenvalue weighted by Gasteiger charge is 2.30. The van der Waals surface area contributed by atoms with Crippen LogP contribution in [0.4, 0.5) is 5.69 Å². The first-order valence-electron chi connectivity index (χ1n) is 9.24. The maximum atomic E-state index is 10.7. The number of para-hydroxylation sites is 1. The summed E-state index contributed by atoms with van der Waals surface area (Å²) in [6.45, 7) is 5.71. The Morgan fingerprint density at radius 2 is 1.64 bits per heavy atom. The smallest absolute Gasteiger partial charge is 0.201 e. The fourth-order valence-electron chi connectivity index (χ4n) is 4.09. The van der Waals surface area contributed by atoms with Gasteiger partial charge in [0.05, 0.1) is 16.4 Å². The van der Waals surface area contributed by atoms with Gasteiger partial charge in [0.15, 0.2) is 0 Å². The summed E-state index contributed by atoms with van der Waals surface area (Å²) in [5.74, 6) is 0.114. The van der Waals surface area contributed by atoms with Gasteiger partial charge in [-0.3, -0.25) is 4.57 Å². The number of aromatic nitrogens is 1. The van der Waals surface area contributed by atoms with Crippen molar-refractivity contribution in [2.45, 2.75) is 39.2 Å². The zero-order chi connectivity index (χ0) is 20.2. The molecule has 4 nitrogen and oxygen atoms in total. The van der Waals surface area contributed by atoms with Crippen LogP contribution >= 0.6 is 23.2 Å². The molecule has 0 saturated heterocycles. The van der Waals surface area contributed by atoms with E-state index in [-0.39, 0.29) is 23.7 Å². The Hall–Kier alpha value is -2.30. The number of anilines is 1. The second-order valence-electron chi connectivity index (χ2n) is 7.48. The molecule has 0 spiro atoms. The van der Waals surface area contributed by atoms with Crippen LogP contribution in [0.15, 0.2) is 36.4 Å². The van der Waals surface area contributed by atoms with E-state index in [9.17, 15) is 10.2 Å². The Morgan fingerprint density at radius 3 is 2.32 bits per heavy atom. The normalized spacial score (nSPS) is 18.6. The first-order chi connectivity index (χ1) is 13.3. The van der Waals surface area contributed by atoms with E-state index in [1.807, 2.05) is 30.3 Å². The van der Waals surface area contributed by atoms with Crippen molar-refractivity contribution in [3.63, 3.8) is 0 Å². The monoisotopic (exact) mass is 416 g/mol. The van der Waals surface area contributed by atoms with Crippen LogP contribution in [-0.4, -0.2) is 20.8 Å². The summed E-state index contributed by atoms with van der Waals surface area (Å²) >= 11 is 12.8. The molecular weight excluding hydrogens is 395 g/mol. The number of hydrogen-bond acceptors (Lipinski definition) is 3. The molecule has 1 unspecified atom stereocenters. The highest BCUT2D eigenvalue weighted by Crippen LogP contribution is 2.46. The molecule has 4 rings (SSSR count). The Labute approximate surface area is 174 Å². The molecule has 3 N–H and O–H groups in total. The number of nitrogens with zero attached hydrogens (tertiary/aromatic N) is 1. The van der Waals surface area contributed by atoms with Crippen LogP contribution in [0.2, 0.25) is 10.0 Å². The number of benzene rings is 2. The molecule has 0 radical (unpaired) electrons. The molecule has 0 saturated carbocycles. The summed E-state index contributed by atoms with van der Waals surface area (Å²) in [6.07, 6.45) is 0.835. The van der Waals surface area contributed by atoms with E-state index >= 15 is 0 Å². The summed E-state index contributed by atoms with van der Waals surface area (Å²) in [5, 5.41) is 25.9. The van der Waals surface area contributed by atoms with Gasteiger partial charge in [-0.05, 0) is 56.5 Å². The first kappa shape index (κ1) is 19.0. The van der Waals surface area contributed by atoms with Crippen molar-refractivity contribution in [2.75, 3.05) is 5.32 Å². The van der Waals surface area contributed by atoms with Gasteiger partial charge in [0.1, 0.15) is 0 Å². The minimum absolute atomic E-state index is 0.0143. The van der Waals surface area contributed by atoms with Gasteiger partial charge in [0, 0.05) is 28.1 Å². The fourth-order valence-corrected chi connectivity index (χ4v) is 4.65. The zero-order valence-corrected chi connectivity index (χ0v) is 17.4. The number of hydrogen-bond donors (Lipinski definition) is 3. The summed E-state index contributed by atoms with van der Waals surface area (Å²) < 4.78 is 1.51. The van der Waals surface area contributed by atoms with E-state index in [4.69, 9.17) is 23.2 Å². The van der Waals surface area contributed by atoms with Crippen LogP contribution in [0, 0.1) is 13.8 Å². The minimum atomic E-state index is 0.0143. The zero-order valence-electron chi connectivity index (χ0n) is 15.9. The molecule has 3 aromatic rings. The van der Waals surface area contributed by atoms with Crippen LogP contribution in [0.1, 0.15) is 41.5 Å². The topological polar surface area (TPSA) is 57.4 Å². The maximum Gasteiger partial charge on any atom is 0.201 e.